The van der Waals surface area contributed by atoms with E-state index >= 15 is 0 Å². The smallest absolute Gasteiger partial charge is 0.250 e. The van der Waals surface area contributed by atoms with Crippen molar-refractivity contribution in [3.05, 3.63) is 47.8 Å². The fraction of sp³-hybridized carbons (Fsp3) is 0.222. The van der Waals surface area contributed by atoms with Crippen LogP contribution in [0.1, 0.15) is 5.56 Å². The molecule has 0 heterocycles. The molecule has 0 aromatic heterocycles. The lowest BCUT2D eigenvalue weighted by Crippen LogP contribution is -2.19. The summed E-state index contributed by atoms with van der Waals surface area (Å²) in [7, 11) is 4.56. The van der Waals surface area contributed by atoms with Crippen molar-refractivity contribution in [2.24, 2.45) is 5.10 Å². The number of rotatable bonds is 8. The quantitative estimate of drug-likeness (QED) is 0.434. The number of nitrogens with one attached hydrogen (secondary N) is 1. The monoisotopic (exact) mass is 378 g/mol. The molecule has 0 bridgehead atoms. The second-order valence-electron chi connectivity index (χ2n) is 4.96. The Labute approximate surface area is 155 Å². The van der Waals surface area contributed by atoms with Crippen molar-refractivity contribution in [1.82, 2.24) is 5.43 Å². The Bertz CT molecular complexity index is 799. The Hall–Kier alpha value is -2.74. The van der Waals surface area contributed by atoms with Crippen LogP contribution in [0.2, 0.25) is 0 Å². The highest BCUT2D eigenvalue weighted by molar-refractivity contribution is 8.00. The van der Waals surface area contributed by atoms with Crippen LogP contribution in [0, 0.1) is 5.82 Å². The highest BCUT2D eigenvalue weighted by Gasteiger charge is 2.11. The molecule has 0 saturated heterocycles. The molecule has 0 aliphatic carbocycles. The zero-order valence-electron chi connectivity index (χ0n) is 14.6. The van der Waals surface area contributed by atoms with E-state index in [1.165, 1.54) is 33.6 Å². The van der Waals surface area contributed by atoms with E-state index in [1.54, 1.807) is 30.3 Å². The average Bonchev–Trinajstić information content (AvgIpc) is 2.66. The van der Waals surface area contributed by atoms with Gasteiger partial charge in [-0.1, -0.05) is 12.1 Å². The first kappa shape index (κ1) is 19.6. The number of halogens is 1. The summed E-state index contributed by atoms with van der Waals surface area (Å²) in [6.45, 7) is 0. The van der Waals surface area contributed by atoms with Crippen molar-refractivity contribution >= 4 is 23.9 Å². The Kier molecular flexibility index (Phi) is 7.28. The molecule has 0 spiro atoms. The standard InChI is InChI=1S/C18H19FN2O4S/c1-23-14-9-16(25-3)15(24-2)8-12(14)10-20-21-18(22)11-26-17-7-5-4-6-13(17)19/h4-10H,11H2,1-3H3,(H,21,22)/b20-10-. The van der Waals surface area contributed by atoms with Gasteiger partial charge in [0.2, 0.25) is 5.91 Å². The lowest BCUT2D eigenvalue weighted by atomic mass is 10.2. The van der Waals surface area contributed by atoms with Gasteiger partial charge in [0, 0.05) is 16.5 Å². The molecule has 8 heteroatoms. The number of nitrogens with zero attached hydrogens (tertiary/aromatic N) is 1. The van der Waals surface area contributed by atoms with Crippen LogP contribution in [-0.4, -0.2) is 39.2 Å². The van der Waals surface area contributed by atoms with E-state index in [1.807, 2.05) is 0 Å². The van der Waals surface area contributed by atoms with Crippen LogP contribution in [0.15, 0.2) is 46.4 Å². The number of hydrazone groups is 1. The third-order valence-corrected chi connectivity index (χ3v) is 4.37. The van der Waals surface area contributed by atoms with Gasteiger partial charge in [-0.2, -0.15) is 5.10 Å². The second-order valence-corrected chi connectivity index (χ2v) is 5.98. The minimum absolute atomic E-state index is 0.0430. The topological polar surface area (TPSA) is 69.2 Å². The summed E-state index contributed by atoms with van der Waals surface area (Å²) in [5.74, 6) is 0.878. The van der Waals surface area contributed by atoms with Crippen LogP contribution in [0.3, 0.4) is 0 Å². The number of methoxy groups -OCH3 is 3. The van der Waals surface area contributed by atoms with E-state index < -0.39 is 0 Å². The van der Waals surface area contributed by atoms with Crippen molar-refractivity contribution < 1.29 is 23.4 Å². The first-order valence-corrected chi connectivity index (χ1v) is 8.56. The molecule has 0 saturated carbocycles. The zero-order valence-corrected chi connectivity index (χ0v) is 15.4. The molecule has 6 nitrogen and oxygen atoms in total. The maximum atomic E-state index is 13.5. The number of hydrogen-bond donors (Lipinski definition) is 1. The molecule has 0 aliphatic heterocycles. The summed E-state index contributed by atoms with van der Waals surface area (Å²) in [5.41, 5.74) is 3.00. The van der Waals surface area contributed by atoms with Crippen molar-refractivity contribution in [2.45, 2.75) is 4.90 Å². The van der Waals surface area contributed by atoms with Crippen LogP contribution in [0.4, 0.5) is 4.39 Å². The van der Waals surface area contributed by atoms with E-state index in [9.17, 15) is 9.18 Å². The molecular formula is C18H19FN2O4S. The lowest BCUT2D eigenvalue weighted by Gasteiger charge is -2.11. The number of amides is 1. The van der Waals surface area contributed by atoms with Gasteiger partial charge in [-0.05, 0) is 18.2 Å². The van der Waals surface area contributed by atoms with Crippen LogP contribution in [0.25, 0.3) is 0 Å². The van der Waals surface area contributed by atoms with Gasteiger partial charge >= 0.3 is 0 Å². The largest absolute Gasteiger partial charge is 0.496 e. The molecule has 0 atom stereocenters. The summed E-state index contributed by atoms with van der Waals surface area (Å²) in [5, 5.41) is 3.91. The fourth-order valence-electron chi connectivity index (χ4n) is 2.06. The summed E-state index contributed by atoms with van der Waals surface area (Å²) >= 11 is 1.10. The lowest BCUT2D eigenvalue weighted by molar-refractivity contribution is -0.118. The number of carbonyl (C=O) groups is 1. The highest BCUT2D eigenvalue weighted by Crippen LogP contribution is 2.33. The Balaban J connectivity index is 1.99. The van der Waals surface area contributed by atoms with E-state index in [2.05, 4.69) is 10.5 Å². The molecule has 0 aliphatic rings. The van der Waals surface area contributed by atoms with Crippen molar-refractivity contribution in [2.75, 3.05) is 27.1 Å². The Morgan fingerprint density at radius 3 is 2.42 bits per heavy atom. The molecular weight excluding hydrogens is 359 g/mol. The predicted molar refractivity (Wildman–Crippen MR) is 99.0 cm³/mol. The van der Waals surface area contributed by atoms with Gasteiger partial charge in [0.1, 0.15) is 11.6 Å². The third kappa shape index (κ3) is 5.13. The van der Waals surface area contributed by atoms with E-state index in [4.69, 9.17) is 14.2 Å². The summed E-state index contributed by atoms with van der Waals surface area (Å²) in [6.07, 6.45) is 1.44. The van der Waals surface area contributed by atoms with Crippen molar-refractivity contribution in [3.63, 3.8) is 0 Å². The number of hydrogen-bond acceptors (Lipinski definition) is 6. The number of ether oxygens (including phenoxy) is 3. The maximum Gasteiger partial charge on any atom is 0.250 e. The van der Waals surface area contributed by atoms with Crippen LogP contribution < -0.4 is 19.6 Å². The van der Waals surface area contributed by atoms with Gasteiger partial charge in [0.15, 0.2) is 11.5 Å². The molecule has 26 heavy (non-hydrogen) atoms. The molecule has 138 valence electrons. The van der Waals surface area contributed by atoms with Crippen LogP contribution in [-0.2, 0) is 4.79 Å². The minimum Gasteiger partial charge on any atom is -0.496 e. The zero-order chi connectivity index (χ0) is 18.9. The van der Waals surface area contributed by atoms with E-state index in [0.717, 1.165) is 11.8 Å². The molecule has 2 rings (SSSR count). The highest BCUT2D eigenvalue weighted by atomic mass is 32.2. The maximum absolute atomic E-state index is 13.5. The van der Waals surface area contributed by atoms with E-state index in [0.29, 0.717) is 27.7 Å². The number of benzene rings is 2. The molecule has 0 unspecified atom stereocenters. The predicted octanol–water partition coefficient (Wildman–Crippen LogP) is 3.09. The normalized spacial score (nSPS) is 10.6. The van der Waals surface area contributed by atoms with Gasteiger partial charge < -0.3 is 14.2 Å². The van der Waals surface area contributed by atoms with Crippen molar-refractivity contribution in [1.29, 1.82) is 0 Å². The van der Waals surface area contributed by atoms with Crippen LogP contribution in [0.5, 0.6) is 17.2 Å². The first-order chi connectivity index (χ1) is 12.6. The SMILES string of the molecule is COc1cc(OC)c(OC)cc1/C=N\NC(=O)CSc1ccccc1F. The Morgan fingerprint density at radius 1 is 1.12 bits per heavy atom. The van der Waals surface area contributed by atoms with Crippen LogP contribution >= 0.6 is 11.8 Å². The fourth-order valence-corrected chi connectivity index (χ4v) is 2.80. The molecule has 2 aromatic rings. The van der Waals surface area contributed by atoms with Gasteiger partial charge in [0.25, 0.3) is 0 Å². The van der Waals surface area contributed by atoms with Gasteiger partial charge in [0.05, 0.1) is 33.3 Å². The van der Waals surface area contributed by atoms with E-state index in [-0.39, 0.29) is 17.5 Å². The summed E-state index contributed by atoms with van der Waals surface area (Å²) in [4.78, 5) is 12.3. The first-order valence-electron chi connectivity index (χ1n) is 7.58. The van der Waals surface area contributed by atoms with Gasteiger partial charge in [-0.3, -0.25) is 4.79 Å². The third-order valence-electron chi connectivity index (χ3n) is 3.32. The average molecular weight is 378 g/mol. The Morgan fingerprint density at radius 2 is 1.77 bits per heavy atom. The molecule has 1 N–H and O–H groups in total. The number of thioether (sulfide) groups is 1. The molecule has 2 aromatic carbocycles. The summed E-state index contributed by atoms with van der Waals surface area (Å²) < 4.78 is 29.2. The van der Waals surface area contributed by atoms with Crippen molar-refractivity contribution in [3.8, 4) is 17.2 Å². The molecule has 0 fully saturated rings. The second kappa shape index (κ2) is 9.67. The molecule has 0 radical (unpaired) electrons. The van der Waals surface area contributed by atoms with Gasteiger partial charge in [-0.15, -0.1) is 11.8 Å². The minimum atomic E-state index is -0.358. The molecule has 1 amide bonds. The van der Waals surface area contributed by atoms with Gasteiger partial charge in [-0.25, -0.2) is 9.82 Å². The summed E-state index contributed by atoms with van der Waals surface area (Å²) in [6, 6.07) is 9.62. The number of carbonyl (C=O) groups excluding carboxylic acids is 1.